The number of nitrogens with one attached hydrogen (secondary N) is 1. The van der Waals surface area contributed by atoms with Gasteiger partial charge in [0.1, 0.15) is 18.0 Å². The van der Waals surface area contributed by atoms with Crippen LogP contribution in [-0.4, -0.2) is 48.2 Å². The number of nitrogens with zero attached hydrogens (tertiary/aromatic N) is 5. The first-order chi connectivity index (χ1) is 11.1. The van der Waals surface area contributed by atoms with Gasteiger partial charge in [-0.25, -0.2) is 19.3 Å². The van der Waals surface area contributed by atoms with Crippen LogP contribution in [0.4, 0.5) is 21.8 Å². The van der Waals surface area contributed by atoms with Crippen molar-refractivity contribution < 1.29 is 4.39 Å². The van der Waals surface area contributed by atoms with Crippen molar-refractivity contribution >= 4 is 17.5 Å². The zero-order valence-electron chi connectivity index (χ0n) is 13.4. The van der Waals surface area contributed by atoms with E-state index in [1.807, 2.05) is 30.0 Å². The first-order valence-corrected chi connectivity index (χ1v) is 7.75. The highest BCUT2D eigenvalue weighted by Crippen LogP contribution is 2.22. The molecule has 0 bridgehead atoms. The molecule has 3 rings (SSSR count). The molecule has 1 aliphatic heterocycles. The van der Waals surface area contributed by atoms with E-state index in [4.69, 9.17) is 0 Å². The van der Waals surface area contributed by atoms with E-state index in [-0.39, 0.29) is 5.82 Å². The Hall–Kier alpha value is -2.44. The van der Waals surface area contributed by atoms with Crippen molar-refractivity contribution in [3.63, 3.8) is 0 Å². The fraction of sp³-hybridized carbons (Fsp3) is 0.438. The summed E-state index contributed by atoms with van der Waals surface area (Å²) < 4.78 is 13.8. The maximum Gasteiger partial charge on any atom is 0.165 e. The third-order valence-corrected chi connectivity index (χ3v) is 4.00. The fourth-order valence-corrected chi connectivity index (χ4v) is 2.73. The van der Waals surface area contributed by atoms with Crippen molar-refractivity contribution in [2.24, 2.45) is 0 Å². The number of piperidine rings is 1. The minimum Gasteiger partial charge on any atom is -0.367 e. The molecule has 2 aromatic heterocycles. The van der Waals surface area contributed by atoms with Crippen LogP contribution in [0, 0.1) is 5.82 Å². The molecular formula is C16H21FN6. The normalized spacial score (nSPS) is 15.5. The Morgan fingerprint density at radius 1 is 1.22 bits per heavy atom. The smallest absolute Gasteiger partial charge is 0.165 e. The number of hydrogen-bond acceptors (Lipinski definition) is 6. The molecule has 6 nitrogen and oxygen atoms in total. The maximum atomic E-state index is 13.8. The van der Waals surface area contributed by atoms with Gasteiger partial charge in [-0.05, 0) is 25.0 Å². The Morgan fingerprint density at radius 3 is 2.70 bits per heavy atom. The van der Waals surface area contributed by atoms with Gasteiger partial charge in [0.25, 0.3) is 0 Å². The van der Waals surface area contributed by atoms with Crippen LogP contribution >= 0.6 is 0 Å². The molecule has 0 aliphatic carbocycles. The highest BCUT2D eigenvalue weighted by molar-refractivity contribution is 5.48. The van der Waals surface area contributed by atoms with Crippen LogP contribution in [0.5, 0.6) is 0 Å². The van der Waals surface area contributed by atoms with Gasteiger partial charge >= 0.3 is 0 Å². The molecule has 3 heterocycles. The third kappa shape index (κ3) is 3.67. The molecule has 0 aromatic carbocycles. The number of rotatable bonds is 4. The molecule has 0 amide bonds. The van der Waals surface area contributed by atoms with Crippen molar-refractivity contribution in [3.05, 3.63) is 36.5 Å². The van der Waals surface area contributed by atoms with Gasteiger partial charge in [-0.1, -0.05) is 0 Å². The van der Waals surface area contributed by atoms with Gasteiger partial charge < -0.3 is 15.1 Å². The van der Waals surface area contributed by atoms with E-state index in [1.165, 1.54) is 6.07 Å². The monoisotopic (exact) mass is 316 g/mol. The second-order valence-electron chi connectivity index (χ2n) is 5.87. The molecule has 0 atom stereocenters. The number of hydrogen-bond donors (Lipinski definition) is 1. The largest absolute Gasteiger partial charge is 0.367 e. The predicted octanol–water partition coefficient (Wildman–Crippen LogP) is 2.16. The first kappa shape index (κ1) is 15.5. The van der Waals surface area contributed by atoms with Crippen LogP contribution in [0.1, 0.15) is 12.8 Å². The van der Waals surface area contributed by atoms with E-state index in [0.29, 0.717) is 11.9 Å². The van der Waals surface area contributed by atoms with Crippen LogP contribution in [-0.2, 0) is 0 Å². The highest BCUT2D eigenvalue weighted by atomic mass is 19.1. The van der Waals surface area contributed by atoms with Gasteiger partial charge in [-0.3, -0.25) is 0 Å². The molecule has 0 saturated carbocycles. The fourth-order valence-electron chi connectivity index (χ4n) is 2.73. The van der Waals surface area contributed by atoms with E-state index in [9.17, 15) is 4.39 Å². The average molecular weight is 316 g/mol. The molecule has 2 aromatic rings. The zero-order valence-corrected chi connectivity index (χ0v) is 13.4. The topological polar surface area (TPSA) is 57.2 Å². The summed E-state index contributed by atoms with van der Waals surface area (Å²) >= 11 is 0. The molecule has 1 aliphatic rings. The lowest BCUT2D eigenvalue weighted by Crippen LogP contribution is -2.40. The van der Waals surface area contributed by atoms with Gasteiger partial charge in [-0.15, -0.1) is 0 Å². The molecular weight excluding hydrogens is 295 g/mol. The van der Waals surface area contributed by atoms with Crippen LogP contribution in [0.15, 0.2) is 30.7 Å². The minimum absolute atomic E-state index is 0.259. The number of pyridine rings is 1. The Morgan fingerprint density at radius 2 is 2.00 bits per heavy atom. The summed E-state index contributed by atoms with van der Waals surface area (Å²) in [7, 11) is 3.90. The van der Waals surface area contributed by atoms with Crippen molar-refractivity contribution in [2.45, 2.75) is 18.9 Å². The molecule has 0 unspecified atom stereocenters. The van der Waals surface area contributed by atoms with Gasteiger partial charge in [0, 0.05) is 45.5 Å². The van der Waals surface area contributed by atoms with E-state index >= 15 is 0 Å². The van der Waals surface area contributed by atoms with Crippen LogP contribution in [0.25, 0.3) is 0 Å². The van der Waals surface area contributed by atoms with Crippen molar-refractivity contribution in [1.29, 1.82) is 0 Å². The Kier molecular flexibility index (Phi) is 4.55. The summed E-state index contributed by atoms with van der Waals surface area (Å²) in [5.41, 5.74) is 0. The SMILES string of the molecule is CN(C)c1cc(NC2CCN(c3ncccc3F)CC2)ncn1. The van der Waals surface area contributed by atoms with Gasteiger partial charge in [0.05, 0.1) is 0 Å². The second kappa shape index (κ2) is 6.76. The van der Waals surface area contributed by atoms with Crippen molar-refractivity contribution in [2.75, 3.05) is 42.3 Å². The van der Waals surface area contributed by atoms with Gasteiger partial charge in [-0.2, -0.15) is 0 Å². The lowest BCUT2D eigenvalue weighted by Gasteiger charge is -2.33. The lowest BCUT2D eigenvalue weighted by molar-refractivity contribution is 0.510. The Bertz CT molecular complexity index is 655. The Balaban J connectivity index is 1.59. The molecule has 0 radical (unpaired) electrons. The lowest BCUT2D eigenvalue weighted by atomic mass is 10.0. The molecule has 1 fully saturated rings. The Labute approximate surface area is 135 Å². The summed E-state index contributed by atoms with van der Waals surface area (Å²) in [5.74, 6) is 1.88. The summed E-state index contributed by atoms with van der Waals surface area (Å²) in [5, 5.41) is 3.44. The minimum atomic E-state index is -0.259. The van der Waals surface area contributed by atoms with Crippen LogP contribution in [0.2, 0.25) is 0 Å². The molecule has 1 N–H and O–H groups in total. The zero-order chi connectivity index (χ0) is 16.2. The van der Waals surface area contributed by atoms with Crippen molar-refractivity contribution in [3.8, 4) is 0 Å². The number of aromatic nitrogens is 3. The molecule has 0 spiro atoms. The summed E-state index contributed by atoms with van der Waals surface area (Å²) in [6.45, 7) is 1.55. The van der Waals surface area contributed by atoms with E-state index < -0.39 is 0 Å². The van der Waals surface area contributed by atoms with Gasteiger partial charge in [0.15, 0.2) is 11.6 Å². The maximum absolute atomic E-state index is 13.8. The van der Waals surface area contributed by atoms with E-state index in [0.717, 1.165) is 37.6 Å². The summed E-state index contributed by atoms with van der Waals surface area (Å²) in [4.78, 5) is 16.6. The molecule has 23 heavy (non-hydrogen) atoms. The average Bonchev–Trinajstić information content (AvgIpc) is 2.56. The van der Waals surface area contributed by atoms with Crippen LogP contribution < -0.4 is 15.1 Å². The molecule has 7 heteroatoms. The predicted molar refractivity (Wildman–Crippen MR) is 89.4 cm³/mol. The van der Waals surface area contributed by atoms with Crippen LogP contribution in [0.3, 0.4) is 0 Å². The van der Waals surface area contributed by atoms with E-state index in [1.54, 1.807) is 18.6 Å². The summed E-state index contributed by atoms with van der Waals surface area (Å²) in [6.07, 6.45) is 5.02. The third-order valence-electron chi connectivity index (χ3n) is 4.00. The number of anilines is 3. The first-order valence-electron chi connectivity index (χ1n) is 7.75. The summed E-state index contributed by atoms with van der Waals surface area (Å²) in [6, 6.07) is 5.33. The van der Waals surface area contributed by atoms with Crippen molar-refractivity contribution in [1.82, 2.24) is 15.0 Å². The van der Waals surface area contributed by atoms with Gasteiger partial charge in [0.2, 0.25) is 0 Å². The quantitative estimate of drug-likeness (QED) is 0.933. The standard InChI is InChI=1S/C16H21FN6/c1-22(2)15-10-14(19-11-20-15)21-12-5-8-23(9-6-12)16-13(17)4-3-7-18-16/h3-4,7,10-12H,5-6,8-9H2,1-2H3,(H,19,20,21). The second-order valence-corrected chi connectivity index (χ2v) is 5.87. The number of halogens is 1. The molecule has 1 saturated heterocycles. The highest BCUT2D eigenvalue weighted by Gasteiger charge is 2.22. The van der Waals surface area contributed by atoms with E-state index in [2.05, 4.69) is 20.3 Å². The molecule has 122 valence electrons.